The van der Waals surface area contributed by atoms with E-state index in [0.29, 0.717) is 5.92 Å². The van der Waals surface area contributed by atoms with E-state index in [4.69, 9.17) is 0 Å². The van der Waals surface area contributed by atoms with Gasteiger partial charge in [0.05, 0.1) is 0 Å². The molecule has 0 saturated carbocycles. The molecule has 0 N–H and O–H groups in total. The first-order chi connectivity index (χ1) is 6.91. The Kier molecular flexibility index (Phi) is 3.78. The molecule has 0 amide bonds. The van der Waals surface area contributed by atoms with Gasteiger partial charge < -0.3 is 4.90 Å². The van der Waals surface area contributed by atoms with E-state index in [2.05, 4.69) is 58.7 Å². The molecule has 0 aliphatic heterocycles. The van der Waals surface area contributed by atoms with Crippen LogP contribution in [0.3, 0.4) is 0 Å². The lowest BCUT2D eigenvalue weighted by Gasteiger charge is -2.25. The minimum atomic E-state index is 0.704. The SMILES string of the molecule is Cc1cc(C)c(N(C)CC(C)C)c(C)c1. The van der Waals surface area contributed by atoms with Gasteiger partial charge in [-0.1, -0.05) is 31.5 Å². The van der Waals surface area contributed by atoms with E-state index in [1.807, 2.05) is 0 Å². The van der Waals surface area contributed by atoms with Crippen molar-refractivity contribution in [3.63, 3.8) is 0 Å². The lowest BCUT2D eigenvalue weighted by Crippen LogP contribution is -2.24. The summed E-state index contributed by atoms with van der Waals surface area (Å²) in [5, 5.41) is 0. The molecule has 0 unspecified atom stereocenters. The highest BCUT2D eigenvalue weighted by molar-refractivity contribution is 5.59. The van der Waals surface area contributed by atoms with Gasteiger partial charge in [0.1, 0.15) is 0 Å². The Balaban J connectivity index is 3.03. The number of hydrogen-bond donors (Lipinski definition) is 0. The minimum absolute atomic E-state index is 0.704. The zero-order valence-corrected chi connectivity index (χ0v) is 10.9. The summed E-state index contributed by atoms with van der Waals surface area (Å²) in [6.45, 7) is 12.2. The third-order valence-electron chi connectivity index (χ3n) is 2.66. The van der Waals surface area contributed by atoms with E-state index in [1.54, 1.807) is 0 Å². The molecule has 1 nitrogen and oxygen atoms in total. The fraction of sp³-hybridized carbons (Fsp3) is 0.571. The molecule has 0 aromatic heterocycles. The van der Waals surface area contributed by atoms with Crippen LogP contribution in [0.4, 0.5) is 5.69 Å². The van der Waals surface area contributed by atoms with Crippen LogP contribution in [-0.2, 0) is 0 Å². The van der Waals surface area contributed by atoms with Gasteiger partial charge in [-0.2, -0.15) is 0 Å². The Hall–Kier alpha value is -0.980. The van der Waals surface area contributed by atoms with Gasteiger partial charge in [0.2, 0.25) is 0 Å². The lowest BCUT2D eigenvalue weighted by atomic mass is 10.0. The van der Waals surface area contributed by atoms with E-state index in [1.165, 1.54) is 22.4 Å². The van der Waals surface area contributed by atoms with Crippen molar-refractivity contribution in [3.05, 3.63) is 28.8 Å². The number of rotatable bonds is 3. The molecule has 0 saturated heterocycles. The maximum Gasteiger partial charge on any atom is 0.0423 e. The van der Waals surface area contributed by atoms with E-state index < -0.39 is 0 Å². The highest BCUT2D eigenvalue weighted by atomic mass is 15.1. The van der Waals surface area contributed by atoms with E-state index in [0.717, 1.165) is 6.54 Å². The summed E-state index contributed by atoms with van der Waals surface area (Å²) >= 11 is 0. The van der Waals surface area contributed by atoms with Crippen molar-refractivity contribution in [2.75, 3.05) is 18.5 Å². The third-order valence-corrected chi connectivity index (χ3v) is 2.66. The third kappa shape index (κ3) is 2.98. The van der Waals surface area contributed by atoms with Crippen molar-refractivity contribution < 1.29 is 0 Å². The minimum Gasteiger partial charge on any atom is -0.374 e. The maximum absolute atomic E-state index is 2.37. The number of hydrogen-bond acceptors (Lipinski definition) is 1. The molecule has 1 aromatic rings. The fourth-order valence-electron chi connectivity index (χ4n) is 2.41. The fourth-order valence-corrected chi connectivity index (χ4v) is 2.41. The molecule has 0 atom stereocenters. The van der Waals surface area contributed by atoms with Gasteiger partial charge >= 0.3 is 0 Å². The van der Waals surface area contributed by atoms with Crippen LogP contribution in [0.5, 0.6) is 0 Å². The first-order valence-corrected chi connectivity index (χ1v) is 5.70. The lowest BCUT2D eigenvalue weighted by molar-refractivity contribution is 0.637. The summed E-state index contributed by atoms with van der Waals surface area (Å²) in [4.78, 5) is 2.37. The highest BCUT2D eigenvalue weighted by Crippen LogP contribution is 2.25. The zero-order chi connectivity index (χ0) is 11.6. The first kappa shape index (κ1) is 12.1. The normalized spacial score (nSPS) is 10.9. The molecular formula is C14H23N. The number of anilines is 1. The van der Waals surface area contributed by atoms with Crippen LogP contribution in [0.1, 0.15) is 30.5 Å². The van der Waals surface area contributed by atoms with Gasteiger partial charge in [-0.15, -0.1) is 0 Å². The average molecular weight is 205 g/mol. The Bertz CT molecular complexity index is 316. The Morgan fingerprint density at radius 1 is 1.07 bits per heavy atom. The second-order valence-electron chi connectivity index (χ2n) is 5.02. The van der Waals surface area contributed by atoms with Gasteiger partial charge in [0.25, 0.3) is 0 Å². The summed E-state index contributed by atoms with van der Waals surface area (Å²) < 4.78 is 0. The number of benzene rings is 1. The molecule has 1 heteroatoms. The van der Waals surface area contributed by atoms with Crippen molar-refractivity contribution in [2.45, 2.75) is 34.6 Å². The van der Waals surface area contributed by atoms with Crippen LogP contribution in [0.2, 0.25) is 0 Å². The molecular weight excluding hydrogens is 182 g/mol. The molecule has 0 radical (unpaired) electrons. The summed E-state index contributed by atoms with van der Waals surface area (Å²) in [7, 11) is 2.19. The molecule has 0 bridgehead atoms. The zero-order valence-electron chi connectivity index (χ0n) is 10.9. The van der Waals surface area contributed by atoms with Crippen LogP contribution >= 0.6 is 0 Å². The monoisotopic (exact) mass is 205 g/mol. The molecule has 1 aromatic carbocycles. The van der Waals surface area contributed by atoms with Gasteiger partial charge in [-0.05, 0) is 37.8 Å². The molecule has 84 valence electrons. The quantitative estimate of drug-likeness (QED) is 0.727. The molecule has 0 aliphatic carbocycles. The van der Waals surface area contributed by atoms with E-state index >= 15 is 0 Å². The number of aryl methyl sites for hydroxylation is 3. The number of nitrogens with zero attached hydrogens (tertiary/aromatic N) is 1. The first-order valence-electron chi connectivity index (χ1n) is 5.70. The Morgan fingerprint density at radius 2 is 1.53 bits per heavy atom. The van der Waals surface area contributed by atoms with Crippen molar-refractivity contribution in [1.29, 1.82) is 0 Å². The van der Waals surface area contributed by atoms with Crippen LogP contribution in [0, 0.1) is 26.7 Å². The second kappa shape index (κ2) is 4.69. The Morgan fingerprint density at radius 3 is 1.93 bits per heavy atom. The highest BCUT2D eigenvalue weighted by Gasteiger charge is 2.09. The van der Waals surface area contributed by atoms with Crippen molar-refractivity contribution in [1.82, 2.24) is 0 Å². The van der Waals surface area contributed by atoms with E-state index in [9.17, 15) is 0 Å². The summed E-state index contributed by atoms with van der Waals surface area (Å²) in [6.07, 6.45) is 0. The predicted molar refractivity (Wildman–Crippen MR) is 68.8 cm³/mol. The van der Waals surface area contributed by atoms with Crippen LogP contribution in [-0.4, -0.2) is 13.6 Å². The molecule has 15 heavy (non-hydrogen) atoms. The van der Waals surface area contributed by atoms with Crippen LogP contribution in [0.25, 0.3) is 0 Å². The largest absolute Gasteiger partial charge is 0.374 e. The van der Waals surface area contributed by atoms with Crippen LogP contribution < -0.4 is 4.90 Å². The average Bonchev–Trinajstić information content (AvgIpc) is 1.99. The topological polar surface area (TPSA) is 3.24 Å². The summed E-state index contributed by atoms with van der Waals surface area (Å²) in [5.41, 5.74) is 5.52. The predicted octanol–water partition coefficient (Wildman–Crippen LogP) is 3.70. The smallest absolute Gasteiger partial charge is 0.0423 e. The van der Waals surface area contributed by atoms with Gasteiger partial charge in [-0.3, -0.25) is 0 Å². The maximum atomic E-state index is 2.37. The van der Waals surface area contributed by atoms with Crippen molar-refractivity contribution >= 4 is 5.69 Å². The van der Waals surface area contributed by atoms with E-state index in [-0.39, 0.29) is 0 Å². The van der Waals surface area contributed by atoms with Crippen LogP contribution in [0.15, 0.2) is 12.1 Å². The second-order valence-corrected chi connectivity index (χ2v) is 5.02. The molecule has 0 fully saturated rings. The summed E-state index contributed by atoms with van der Waals surface area (Å²) in [6, 6.07) is 4.53. The Labute approximate surface area is 94.1 Å². The van der Waals surface area contributed by atoms with Crippen molar-refractivity contribution in [3.8, 4) is 0 Å². The molecule has 0 heterocycles. The molecule has 0 aliphatic rings. The molecule has 1 rings (SSSR count). The standard InChI is InChI=1S/C14H23N/c1-10(2)9-15(6)14-12(4)7-11(3)8-13(14)5/h7-8,10H,9H2,1-6H3. The van der Waals surface area contributed by atoms with Gasteiger partial charge in [0.15, 0.2) is 0 Å². The van der Waals surface area contributed by atoms with Crippen molar-refractivity contribution in [2.24, 2.45) is 5.92 Å². The summed E-state index contributed by atoms with van der Waals surface area (Å²) in [5.74, 6) is 0.704. The van der Waals surface area contributed by atoms with Gasteiger partial charge in [-0.25, -0.2) is 0 Å². The molecule has 0 spiro atoms. The van der Waals surface area contributed by atoms with Gasteiger partial charge in [0, 0.05) is 19.3 Å².